The van der Waals surface area contributed by atoms with E-state index in [0.29, 0.717) is 19.3 Å². The summed E-state index contributed by atoms with van der Waals surface area (Å²) < 4.78 is 11.4. The van der Waals surface area contributed by atoms with Crippen molar-refractivity contribution in [2.45, 2.75) is 32.2 Å². The molecule has 0 aliphatic heterocycles. The zero-order valence-electron chi connectivity index (χ0n) is 11.8. The molecule has 0 saturated heterocycles. The van der Waals surface area contributed by atoms with Gasteiger partial charge in [0, 0.05) is 24.6 Å². The first kappa shape index (κ1) is 16.9. The first-order valence-electron chi connectivity index (χ1n) is 6.80. The van der Waals surface area contributed by atoms with Crippen LogP contribution in [0.25, 0.3) is 0 Å². The molecular weight excluding hydrogens is 282 g/mol. The van der Waals surface area contributed by atoms with E-state index in [-0.39, 0.29) is 0 Å². The maximum atomic E-state index is 5.97. The highest BCUT2D eigenvalue weighted by Crippen LogP contribution is 2.23. The summed E-state index contributed by atoms with van der Waals surface area (Å²) in [6.07, 6.45) is 3.18. The lowest BCUT2D eigenvalue weighted by molar-refractivity contribution is 0.0658. The predicted molar refractivity (Wildman–Crippen MR) is 82.4 cm³/mol. The van der Waals surface area contributed by atoms with Crippen LogP contribution in [0.15, 0.2) is 12.1 Å². The summed E-state index contributed by atoms with van der Waals surface area (Å²) in [5, 5.41) is 3.57. The summed E-state index contributed by atoms with van der Waals surface area (Å²) >= 11 is 7.63. The largest absolute Gasteiger partial charge is 0.382 e. The SMILES string of the molecule is CCCNC(CCOCCOC)Cc1ccc(Cl)s1. The second-order valence-corrected chi connectivity index (χ2v) is 6.25. The van der Waals surface area contributed by atoms with E-state index < -0.39 is 0 Å². The van der Waals surface area contributed by atoms with Gasteiger partial charge in [-0.3, -0.25) is 0 Å². The molecule has 1 atom stereocenters. The number of hydrogen-bond acceptors (Lipinski definition) is 4. The van der Waals surface area contributed by atoms with Crippen molar-refractivity contribution >= 4 is 22.9 Å². The fourth-order valence-corrected chi connectivity index (χ4v) is 2.97. The molecule has 1 rings (SSSR count). The van der Waals surface area contributed by atoms with Crippen LogP contribution in [-0.2, 0) is 15.9 Å². The Bertz CT molecular complexity index is 333. The highest BCUT2D eigenvalue weighted by Gasteiger charge is 2.10. The van der Waals surface area contributed by atoms with Gasteiger partial charge in [-0.1, -0.05) is 18.5 Å². The van der Waals surface area contributed by atoms with Crippen LogP contribution in [-0.4, -0.2) is 39.5 Å². The monoisotopic (exact) mass is 305 g/mol. The number of halogens is 1. The molecule has 1 unspecified atom stereocenters. The van der Waals surface area contributed by atoms with Crippen molar-refractivity contribution in [2.24, 2.45) is 0 Å². The number of methoxy groups -OCH3 is 1. The lowest BCUT2D eigenvalue weighted by Gasteiger charge is -2.17. The highest BCUT2D eigenvalue weighted by molar-refractivity contribution is 7.16. The van der Waals surface area contributed by atoms with Crippen molar-refractivity contribution in [3.8, 4) is 0 Å². The average molecular weight is 306 g/mol. The lowest BCUT2D eigenvalue weighted by Crippen LogP contribution is -2.32. The van der Waals surface area contributed by atoms with E-state index in [1.54, 1.807) is 18.4 Å². The molecule has 0 bridgehead atoms. The van der Waals surface area contributed by atoms with E-state index in [2.05, 4.69) is 18.3 Å². The molecule has 0 amide bonds. The van der Waals surface area contributed by atoms with E-state index in [1.807, 2.05) is 6.07 Å². The van der Waals surface area contributed by atoms with Crippen molar-refractivity contribution in [1.29, 1.82) is 0 Å². The van der Waals surface area contributed by atoms with E-state index >= 15 is 0 Å². The van der Waals surface area contributed by atoms with Crippen LogP contribution in [0.1, 0.15) is 24.6 Å². The van der Waals surface area contributed by atoms with Crippen molar-refractivity contribution in [3.63, 3.8) is 0 Å². The maximum Gasteiger partial charge on any atom is 0.0931 e. The average Bonchev–Trinajstić information content (AvgIpc) is 2.81. The molecule has 1 aromatic heterocycles. The first-order valence-corrected chi connectivity index (χ1v) is 8.00. The molecule has 1 N–H and O–H groups in total. The Morgan fingerprint density at radius 3 is 2.79 bits per heavy atom. The Kier molecular flexibility index (Phi) is 9.47. The third kappa shape index (κ3) is 7.90. The minimum Gasteiger partial charge on any atom is -0.382 e. The molecule has 0 aliphatic carbocycles. The van der Waals surface area contributed by atoms with Crippen molar-refractivity contribution < 1.29 is 9.47 Å². The third-order valence-corrected chi connectivity index (χ3v) is 4.06. The van der Waals surface area contributed by atoms with Gasteiger partial charge in [0.1, 0.15) is 0 Å². The smallest absolute Gasteiger partial charge is 0.0931 e. The fourth-order valence-electron chi connectivity index (χ4n) is 1.80. The number of nitrogens with one attached hydrogen (secondary N) is 1. The Morgan fingerprint density at radius 1 is 1.32 bits per heavy atom. The Morgan fingerprint density at radius 2 is 2.16 bits per heavy atom. The van der Waals surface area contributed by atoms with E-state index in [9.17, 15) is 0 Å². The minimum absolute atomic E-state index is 0.456. The molecule has 0 spiro atoms. The summed E-state index contributed by atoms with van der Waals surface area (Å²) in [5.74, 6) is 0. The second-order valence-electron chi connectivity index (χ2n) is 4.45. The fraction of sp³-hybridized carbons (Fsp3) is 0.714. The molecule has 110 valence electrons. The lowest BCUT2D eigenvalue weighted by atomic mass is 10.1. The van der Waals surface area contributed by atoms with Crippen molar-refractivity contribution in [3.05, 3.63) is 21.3 Å². The summed E-state index contributed by atoms with van der Waals surface area (Å²) in [7, 11) is 1.69. The third-order valence-electron chi connectivity index (χ3n) is 2.80. The van der Waals surface area contributed by atoms with Gasteiger partial charge in [0.25, 0.3) is 0 Å². The Balaban J connectivity index is 2.29. The summed E-state index contributed by atoms with van der Waals surface area (Å²) in [6, 6.07) is 4.53. The molecule has 0 saturated carbocycles. The van der Waals surface area contributed by atoms with Crippen LogP contribution in [0.2, 0.25) is 4.34 Å². The number of thiophene rings is 1. The molecule has 0 aromatic carbocycles. The molecule has 19 heavy (non-hydrogen) atoms. The van der Waals surface area contributed by atoms with Crippen molar-refractivity contribution in [2.75, 3.05) is 33.5 Å². The minimum atomic E-state index is 0.456. The molecule has 3 nitrogen and oxygen atoms in total. The van der Waals surface area contributed by atoms with Gasteiger partial charge in [0.05, 0.1) is 17.6 Å². The molecule has 0 radical (unpaired) electrons. The molecular formula is C14H24ClNO2S. The summed E-state index contributed by atoms with van der Waals surface area (Å²) in [5.41, 5.74) is 0. The summed E-state index contributed by atoms with van der Waals surface area (Å²) in [4.78, 5) is 1.33. The van der Waals surface area contributed by atoms with Gasteiger partial charge in [-0.15, -0.1) is 11.3 Å². The molecule has 5 heteroatoms. The topological polar surface area (TPSA) is 30.5 Å². The zero-order valence-corrected chi connectivity index (χ0v) is 13.4. The number of ether oxygens (including phenoxy) is 2. The van der Waals surface area contributed by atoms with Crippen LogP contribution in [0.4, 0.5) is 0 Å². The standard InChI is InChI=1S/C14H24ClNO2S/c1-3-7-16-12(6-8-18-10-9-17-2)11-13-4-5-14(15)19-13/h4-5,12,16H,3,6-11H2,1-2H3. The van der Waals surface area contributed by atoms with E-state index in [1.165, 1.54) is 4.88 Å². The molecule has 0 fully saturated rings. The Labute approximate surface area is 125 Å². The second kappa shape index (κ2) is 10.6. The van der Waals surface area contributed by atoms with Crippen LogP contribution < -0.4 is 5.32 Å². The highest BCUT2D eigenvalue weighted by atomic mass is 35.5. The van der Waals surface area contributed by atoms with Gasteiger partial charge in [-0.25, -0.2) is 0 Å². The van der Waals surface area contributed by atoms with Crippen LogP contribution in [0.3, 0.4) is 0 Å². The van der Waals surface area contributed by atoms with Gasteiger partial charge < -0.3 is 14.8 Å². The normalized spacial score (nSPS) is 12.8. The number of rotatable bonds is 11. The van der Waals surface area contributed by atoms with Crippen molar-refractivity contribution in [1.82, 2.24) is 5.32 Å². The number of hydrogen-bond donors (Lipinski definition) is 1. The van der Waals surface area contributed by atoms with Gasteiger partial charge in [-0.05, 0) is 37.9 Å². The first-order chi connectivity index (χ1) is 9.26. The van der Waals surface area contributed by atoms with Crippen LogP contribution in [0, 0.1) is 0 Å². The molecule has 0 aliphatic rings. The summed E-state index contributed by atoms with van der Waals surface area (Å²) in [6.45, 7) is 5.32. The van der Waals surface area contributed by atoms with Gasteiger partial charge in [0.2, 0.25) is 0 Å². The molecule has 1 heterocycles. The molecule has 1 aromatic rings. The van der Waals surface area contributed by atoms with E-state index in [0.717, 1.165) is 36.8 Å². The van der Waals surface area contributed by atoms with Gasteiger partial charge in [0.15, 0.2) is 0 Å². The van der Waals surface area contributed by atoms with Gasteiger partial charge >= 0.3 is 0 Å². The van der Waals surface area contributed by atoms with Crippen LogP contribution >= 0.6 is 22.9 Å². The zero-order chi connectivity index (χ0) is 13.9. The Hall–Kier alpha value is -0.130. The predicted octanol–water partition coefficient (Wildman–Crippen LogP) is 3.37. The van der Waals surface area contributed by atoms with E-state index in [4.69, 9.17) is 21.1 Å². The van der Waals surface area contributed by atoms with Gasteiger partial charge in [-0.2, -0.15) is 0 Å². The van der Waals surface area contributed by atoms with Crippen LogP contribution in [0.5, 0.6) is 0 Å². The quantitative estimate of drug-likeness (QED) is 0.636. The maximum absolute atomic E-state index is 5.97.